The SMILES string of the molecule is COc1ccc(OC)c(C(C)=NNC(=O)c2ccc(NS(=O)(=O)c3ccc(Br)cc3)cc2)c1. The van der Waals surface area contributed by atoms with E-state index >= 15 is 0 Å². The summed E-state index contributed by atoms with van der Waals surface area (Å²) in [4.78, 5) is 12.6. The third kappa shape index (κ3) is 6.11. The minimum atomic E-state index is -3.74. The third-order valence-electron chi connectivity index (χ3n) is 4.64. The molecule has 33 heavy (non-hydrogen) atoms. The van der Waals surface area contributed by atoms with Crippen LogP contribution < -0.4 is 19.6 Å². The molecule has 3 aromatic rings. The minimum absolute atomic E-state index is 0.130. The number of benzene rings is 3. The lowest BCUT2D eigenvalue weighted by Gasteiger charge is -2.11. The molecule has 0 atom stereocenters. The molecule has 0 spiro atoms. The van der Waals surface area contributed by atoms with E-state index in [2.05, 4.69) is 31.2 Å². The van der Waals surface area contributed by atoms with Crippen molar-refractivity contribution in [1.29, 1.82) is 0 Å². The van der Waals surface area contributed by atoms with E-state index in [1.165, 1.54) is 36.4 Å². The fraction of sp³-hybridized carbons (Fsp3) is 0.130. The van der Waals surface area contributed by atoms with Crippen LogP contribution in [0, 0.1) is 0 Å². The Morgan fingerprint density at radius 3 is 2.21 bits per heavy atom. The number of anilines is 1. The number of amides is 1. The highest BCUT2D eigenvalue weighted by Gasteiger charge is 2.15. The number of nitrogens with zero attached hydrogens (tertiary/aromatic N) is 1. The maximum atomic E-state index is 12.5. The van der Waals surface area contributed by atoms with Gasteiger partial charge in [-0.25, -0.2) is 13.8 Å². The van der Waals surface area contributed by atoms with E-state index in [4.69, 9.17) is 9.47 Å². The van der Waals surface area contributed by atoms with Crippen LogP contribution in [0.3, 0.4) is 0 Å². The van der Waals surface area contributed by atoms with Gasteiger partial charge in [-0.3, -0.25) is 9.52 Å². The van der Waals surface area contributed by atoms with Crippen LogP contribution in [0.2, 0.25) is 0 Å². The van der Waals surface area contributed by atoms with Gasteiger partial charge < -0.3 is 9.47 Å². The average Bonchev–Trinajstić information content (AvgIpc) is 2.82. The maximum Gasteiger partial charge on any atom is 0.271 e. The first-order valence-corrected chi connectivity index (χ1v) is 12.0. The van der Waals surface area contributed by atoms with Crippen molar-refractivity contribution in [3.8, 4) is 11.5 Å². The largest absolute Gasteiger partial charge is 0.497 e. The molecule has 0 aliphatic carbocycles. The second-order valence-corrected chi connectivity index (χ2v) is 9.44. The van der Waals surface area contributed by atoms with Gasteiger partial charge in [0.1, 0.15) is 11.5 Å². The number of halogens is 1. The van der Waals surface area contributed by atoms with Crippen molar-refractivity contribution < 1.29 is 22.7 Å². The van der Waals surface area contributed by atoms with E-state index in [9.17, 15) is 13.2 Å². The number of hydrogen-bond donors (Lipinski definition) is 2. The first kappa shape index (κ1) is 24.3. The molecule has 0 bridgehead atoms. The van der Waals surface area contributed by atoms with Gasteiger partial charge in [0.25, 0.3) is 15.9 Å². The Hall–Kier alpha value is -3.37. The zero-order valence-electron chi connectivity index (χ0n) is 18.1. The quantitative estimate of drug-likeness (QED) is 0.330. The molecule has 10 heteroatoms. The highest BCUT2D eigenvalue weighted by Crippen LogP contribution is 2.24. The van der Waals surface area contributed by atoms with Crippen molar-refractivity contribution in [1.82, 2.24) is 5.43 Å². The van der Waals surface area contributed by atoms with Gasteiger partial charge in [-0.15, -0.1) is 0 Å². The van der Waals surface area contributed by atoms with Crippen molar-refractivity contribution in [3.63, 3.8) is 0 Å². The molecule has 0 heterocycles. The van der Waals surface area contributed by atoms with Crippen LogP contribution in [0.25, 0.3) is 0 Å². The van der Waals surface area contributed by atoms with E-state index in [1.807, 2.05) is 0 Å². The number of ether oxygens (including phenoxy) is 2. The molecule has 172 valence electrons. The van der Waals surface area contributed by atoms with Crippen molar-refractivity contribution in [2.24, 2.45) is 5.10 Å². The number of hydrogen-bond acceptors (Lipinski definition) is 6. The zero-order chi connectivity index (χ0) is 24.0. The van der Waals surface area contributed by atoms with E-state index in [0.717, 1.165) is 4.47 Å². The summed E-state index contributed by atoms with van der Waals surface area (Å²) in [5.41, 5.74) is 4.34. The predicted molar refractivity (Wildman–Crippen MR) is 131 cm³/mol. The molecule has 8 nitrogen and oxygen atoms in total. The molecule has 0 fully saturated rings. The van der Waals surface area contributed by atoms with E-state index < -0.39 is 15.9 Å². The average molecular weight is 532 g/mol. The van der Waals surface area contributed by atoms with Gasteiger partial charge in [0.15, 0.2) is 0 Å². The Kier molecular flexibility index (Phi) is 7.72. The van der Waals surface area contributed by atoms with Crippen molar-refractivity contribution >= 4 is 43.3 Å². The highest BCUT2D eigenvalue weighted by molar-refractivity contribution is 9.10. The molecule has 1 amide bonds. The number of rotatable bonds is 8. The summed E-state index contributed by atoms with van der Waals surface area (Å²) in [6.45, 7) is 1.73. The zero-order valence-corrected chi connectivity index (χ0v) is 20.5. The lowest BCUT2D eigenvalue weighted by molar-refractivity contribution is 0.0955. The molecule has 2 N–H and O–H groups in total. The van der Waals surface area contributed by atoms with Crippen molar-refractivity contribution in [3.05, 3.63) is 82.3 Å². The molecule has 0 unspecified atom stereocenters. The number of nitrogens with one attached hydrogen (secondary N) is 2. The van der Waals surface area contributed by atoms with Gasteiger partial charge in [0.2, 0.25) is 0 Å². The Labute approximate surface area is 200 Å². The number of sulfonamides is 1. The smallest absolute Gasteiger partial charge is 0.271 e. The summed E-state index contributed by atoms with van der Waals surface area (Å²) in [6, 6.07) is 17.6. The van der Waals surface area contributed by atoms with Crippen LogP contribution in [0.4, 0.5) is 5.69 Å². The summed E-state index contributed by atoms with van der Waals surface area (Å²) in [7, 11) is -0.640. The molecule has 0 radical (unpaired) electrons. The van der Waals surface area contributed by atoms with Gasteiger partial charge in [-0.1, -0.05) is 15.9 Å². The monoisotopic (exact) mass is 531 g/mol. The molecule has 0 aliphatic heterocycles. The van der Waals surface area contributed by atoms with Gasteiger partial charge in [-0.2, -0.15) is 5.10 Å². The lowest BCUT2D eigenvalue weighted by Crippen LogP contribution is -2.19. The van der Waals surface area contributed by atoms with Crippen molar-refractivity contribution in [2.75, 3.05) is 18.9 Å². The number of carbonyl (C=O) groups is 1. The molecule has 3 aromatic carbocycles. The maximum absolute atomic E-state index is 12.5. The van der Waals surface area contributed by atoms with Crippen LogP contribution in [0.1, 0.15) is 22.8 Å². The van der Waals surface area contributed by atoms with Gasteiger partial charge in [-0.05, 0) is 73.7 Å². The van der Waals surface area contributed by atoms with Gasteiger partial charge in [0.05, 0.1) is 24.8 Å². The van der Waals surface area contributed by atoms with Crippen LogP contribution in [-0.2, 0) is 10.0 Å². The van der Waals surface area contributed by atoms with Gasteiger partial charge >= 0.3 is 0 Å². The normalized spacial score (nSPS) is 11.6. The van der Waals surface area contributed by atoms with Crippen LogP contribution in [0.15, 0.2) is 81.2 Å². The Bertz CT molecular complexity index is 1270. The summed E-state index contributed by atoms with van der Waals surface area (Å²) in [5.74, 6) is 0.778. The number of methoxy groups -OCH3 is 2. The van der Waals surface area contributed by atoms with Crippen LogP contribution >= 0.6 is 15.9 Å². The van der Waals surface area contributed by atoms with E-state index in [0.29, 0.717) is 34.0 Å². The summed E-state index contributed by atoms with van der Waals surface area (Å²) in [5, 5.41) is 4.15. The predicted octanol–water partition coefficient (Wildman–Crippen LogP) is 4.42. The van der Waals surface area contributed by atoms with Crippen LogP contribution in [-0.4, -0.2) is 34.3 Å². The standard InChI is InChI=1S/C23H22BrN3O5S/c1-15(21-14-19(31-2)10-13-22(21)32-3)25-26-23(28)16-4-8-18(9-5-16)27-33(29,30)20-11-6-17(24)7-12-20/h4-14,27H,1-3H3,(H,26,28). The molecule has 0 saturated carbocycles. The summed E-state index contributed by atoms with van der Waals surface area (Å²) in [6.07, 6.45) is 0. The summed E-state index contributed by atoms with van der Waals surface area (Å²) >= 11 is 3.27. The third-order valence-corrected chi connectivity index (χ3v) is 6.57. The summed E-state index contributed by atoms with van der Waals surface area (Å²) < 4.78 is 38.8. The second kappa shape index (κ2) is 10.5. The Balaban J connectivity index is 1.70. The molecule has 0 aromatic heterocycles. The first-order chi connectivity index (χ1) is 15.7. The molecule has 0 saturated heterocycles. The van der Waals surface area contributed by atoms with Gasteiger partial charge in [0, 0.05) is 21.3 Å². The Morgan fingerprint density at radius 1 is 0.939 bits per heavy atom. The number of carbonyl (C=O) groups excluding carboxylic acids is 1. The fourth-order valence-corrected chi connectivity index (χ4v) is 4.20. The van der Waals surface area contributed by atoms with Crippen molar-refractivity contribution in [2.45, 2.75) is 11.8 Å². The number of hydrazone groups is 1. The molecular weight excluding hydrogens is 510 g/mol. The Morgan fingerprint density at radius 2 is 1.61 bits per heavy atom. The molecule has 3 rings (SSSR count). The van der Waals surface area contributed by atoms with E-state index in [-0.39, 0.29) is 4.90 Å². The van der Waals surface area contributed by atoms with Crippen LogP contribution in [0.5, 0.6) is 11.5 Å². The fourth-order valence-electron chi connectivity index (χ4n) is 2.87. The minimum Gasteiger partial charge on any atom is -0.497 e. The molecular formula is C23H22BrN3O5S. The topological polar surface area (TPSA) is 106 Å². The second-order valence-electron chi connectivity index (χ2n) is 6.84. The highest BCUT2D eigenvalue weighted by atomic mass is 79.9. The molecule has 0 aliphatic rings. The van der Waals surface area contributed by atoms with E-state index in [1.54, 1.807) is 51.5 Å². The first-order valence-electron chi connectivity index (χ1n) is 9.69. The lowest BCUT2D eigenvalue weighted by atomic mass is 10.1.